The molecule has 144 valence electrons. The molecule has 0 radical (unpaired) electrons. The highest BCUT2D eigenvalue weighted by Gasteiger charge is 2.46. The lowest BCUT2D eigenvalue weighted by Gasteiger charge is -2.35. The van der Waals surface area contributed by atoms with Crippen molar-refractivity contribution in [1.82, 2.24) is 0 Å². The van der Waals surface area contributed by atoms with E-state index in [1.165, 1.54) is 0 Å². The summed E-state index contributed by atoms with van der Waals surface area (Å²) in [5.41, 5.74) is -6.26. The Morgan fingerprint density at radius 1 is 1.12 bits per heavy atom. The van der Waals surface area contributed by atoms with Gasteiger partial charge >= 0.3 is 21.5 Å². The van der Waals surface area contributed by atoms with Crippen molar-refractivity contribution in [2.24, 2.45) is 16.2 Å². The summed E-state index contributed by atoms with van der Waals surface area (Å²) in [5.74, 6) is -4.22. The zero-order valence-electron chi connectivity index (χ0n) is 13.8. The van der Waals surface area contributed by atoms with Gasteiger partial charge in [0.05, 0.1) is 5.92 Å². The van der Waals surface area contributed by atoms with Gasteiger partial charge in [0.1, 0.15) is 5.60 Å². The highest BCUT2D eigenvalue weighted by atomic mass is 32.2. The van der Waals surface area contributed by atoms with Crippen LogP contribution in [0.25, 0.3) is 0 Å². The molecule has 0 aromatic rings. The highest BCUT2D eigenvalue weighted by Crippen LogP contribution is 2.37. The van der Waals surface area contributed by atoms with Gasteiger partial charge in [0.15, 0.2) is 0 Å². The first kappa shape index (κ1) is 20.0. The zero-order valence-corrected chi connectivity index (χ0v) is 14.7. The van der Waals surface area contributed by atoms with E-state index in [-0.39, 0.29) is 12.8 Å². The van der Waals surface area contributed by atoms with Gasteiger partial charge in [-0.25, -0.2) is 0 Å². The predicted molar refractivity (Wildman–Crippen MR) is 80.8 cm³/mol. The summed E-state index contributed by atoms with van der Waals surface area (Å²) < 4.78 is 67.3. The fourth-order valence-corrected chi connectivity index (χ4v) is 3.97. The highest BCUT2D eigenvalue weighted by molar-refractivity contribution is 7.91. The van der Waals surface area contributed by atoms with Crippen LogP contribution in [0.3, 0.4) is 0 Å². The molecule has 2 atom stereocenters. The lowest BCUT2D eigenvalue weighted by Crippen LogP contribution is -2.42. The molecule has 0 bridgehead atoms. The van der Waals surface area contributed by atoms with Gasteiger partial charge in [0, 0.05) is 5.92 Å². The smallest absolute Gasteiger partial charge is 0.518 e. The average molecular weight is 384 g/mol. The molecular formula is C15H21F3NO5S-. The number of nitrogens with zero attached hydrogens (tertiary/aromatic N) is 1. The summed E-state index contributed by atoms with van der Waals surface area (Å²) in [7, 11) is -5.91. The van der Waals surface area contributed by atoms with E-state index in [0.29, 0.717) is 25.7 Å². The van der Waals surface area contributed by atoms with Gasteiger partial charge in [-0.2, -0.15) is 26.0 Å². The Balaban J connectivity index is 2.18. The fraction of sp³-hybridized carbons (Fsp3) is 0.867. The molecule has 0 spiro atoms. The second kappa shape index (κ2) is 7.13. The van der Waals surface area contributed by atoms with E-state index in [1.54, 1.807) is 6.92 Å². The number of ether oxygens (including phenoxy) is 1. The predicted octanol–water partition coefficient (Wildman–Crippen LogP) is 2.28. The quantitative estimate of drug-likeness (QED) is 0.421. The van der Waals surface area contributed by atoms with Crippen LogP contribution < -0.4 is 5.11 Å². The summed E-state index contributed by atoms with van der Waals surface area (Å²) in [5, 5.41) is 12.0. The molecule has 2 fully saturated rings. The summed E-state index contributed by atoms with van der Waals surface area (Å²) >= 11 is 0. The standard InChI is InChI=1S/C15H22F3NO5S/c1-14(8-4-5-9-14)24-13(21)11-7-3-2-6-10(11)12(20)19-25(22,23)15(16,17)18/h10-11H,2-9H2,1H3,(H,19,20)/p-1. The zero-order chi connectivity index (χ0) is 18.9. The molecule has 0 aromatic heterocycles. The maximum absolute atomic E-state index is 12.4. The molecule has 0 aliphatic heterocycles. The number of alkyl halides is 3. The maximum atomic E-state index is 12.4. The van der Waals surface area contributed by atoms with Crippen molar-refractivity contribution in [3.05, 3.63) is 0 Å². The minimum Gasteiger partial charge on any atom is -0.861 e. The van der Waals surface area contributed by atoms with Gasteiger partial charge in [0.25, 0.3) is 0 Å². The van der Waals surface area contributed by atoms with Gasteiger partial charge in [-0.15, -0.1) is 0 Å². The van der Waals surface area contributed by atoms with Gasteiger partial charge in [0.2, 0.25) is 0 Å². The number of hydrogen-bond acceptors (Lipinski definition) is 5. The van der Waals surface area contributed by atoms with Crippen molar-refractivity contribution < 1.29 is 36.2 Å². The Morgan fingerprint density at radius 2 is 1.64 bits per heavy atom. The first-order valence-electron chi connectivity index (χ1n) is 8.26. The Labute approximate surface area is 144 Å². The van der Waals surface area contributed by atoms with Crippen molar-refractivity contribution in [3.63, 3.8) is 0 Å². The second-order valence-electron chi connectivity index (χ2n) is 6.93. The Morgan fingerprint density at radius 3 is 2.16 bits per heavy atom. The Kier molecular flexibility index (Phi) is 5.70. The number of sulfonamides is 1. The van der Waals surface area contributed by atoms with E-state index in [4.69, 9.17) is 4.74 Å². The lowest BCUT2D eigenvalue weighted by atomic mass is 9.79. The number of esters is 1. The monoisotopic (exact) mass is 384 g/mol. The Hall–Kier alpha value is -1.32. The van der Waals surface area contributed by atoms with Crippen molar-refractivity contribution in [3.8, 4) is 0 Å². The van der Waals surface area contributed by atoms with Crippen molar-refractivity contribution in [2.75, 3.05) is 0 Å². The molecule has 0 saturated heterocycles. The minimum absolute atomic E-state index is 0.117. The van der Waals surface area contributed by atoms with Crippen LogP contribution in [0.15, 0.2) is 4.40 Å². The van der Waals surface area contributed by atoms with Crippen LogP contribution in [0.4, 0.5) is 13.2 Å². The van der Waals surface area contributed by atoms with E-state index >= 15 is 0 Å². The molecule has 10 heteroatoms. The third-order valence-corrected chi connectivity index (χ3v) is 5.90. The van der Waals surface area contributed by atoms with Crippen LogP contribution in [-0.4, -0.2) is 31.4 Å². The van der Waals surface area contributed by atoms with Crippen LogP contribution in [-0.2, 0) is 19.6 Å². The maximum Gasteiger partial charge on any atom is 0.518 e. The van der Waals surface area contributed by atoms with Gasteiger partial charge < -0.3 is 9.84 Å². The van der Waals surface area contributed by atoms with Crippen LogP contribution in [0.2, 0.25) is 0 Å². The molecule has 25 heavy (non-hydrogen) atoms. The van der Waals surface area contributed by atoms with Gasteiger partial charge in [-0.05, 0) is 51.3 Å². The van der Waals surface area contributed by atoms with E-state index < -0.39 is 44.8 Å². The summed E-state index contributed by atoms with van der Waals surface area (Å²) in [6.07, 6.45) is 4.73. The molecular weight excluding hydrogens is 363 g/mol. The Bertz CT molecular complexity index is 638. The number of halogens is 3. The first-order chi connectivity index (χ1) is 11.5. The summed E-state index contributed by atoms with van der Waals surface area (Å²) in [6.45, 7) is 1.79. The largest absolute Gasteiger partial charge is 0.861 e. The van der Waals surface area contributed by atoms with Gasteiger partial charge in [-0.3, -0.25) is 4.79 Å². The first-order valence-corrected chi connectivity index (χ1v) is 9.70. The third-order valence-electron chi connectivity index (χ3n) is 4.90. The number of carbonyl (C=O) groups is 1. The number of rotatable bonds is 4. The normalized spacial score (nSPS) is 27.9. The molecule has 0 amide bonds. The molecule has 2 saturated carbocycles. The second-order valence-corrected chi connectivity index (χ2v) is 8.52. The molecule has 0 aromatic carbocycles. The van der Waals surface area contributed by atoms with E-state index in [2.05, 4.69) is 4.40 Å². The summed E-state index contributed by atoms with van der Waals surface area (Å²) in [4.78, 5) is 12.4. The topological polar surface area (TPSA) is 95.9 Å². The van der Waals surface area contributed by atoms with Crippen molar-refractivity contribution >= 4 is 21.9 Å². The molecule has 6 nitrogen and oxygen atoms in total. The van der Waals surface area contributed by atoms with Crippen molar-refractivity contribution in [2.45, 2.75) is 69.4 Å². The van der Waals surface area contributed by atoms with Gasteiger partial charge in [-0.1, -0.05) is 12.8 Å². The molecule has 0 N–H and O–H groups in total. The molecule has 2 unspecified atom stereocenters. The van der Waals surface area contributed by atoms with Crippen LogP contribution in [0.1, 0.15) is 58.3 Å². The summed E-state index contributed by atoms with van der Waals surface area (Å²) in [6, 6.07) is 0. The van der Waals surface area contributed by atoms with Crippen molar-refractivity contribution in [1.29, 1.82) is 0 Å². The molecule has 2 aliphatic carbocycles. The molecule has 2 rings (SSSR count). The van der Waals surface area contributed by atoms with E-state index in [1.807, 2.05) is 0 Å². The average Bonchev–Trinajstić information content (AvgIpc) is 2.91. The van der Waals surface area contributed by atoms with E-state index in [0.717, 1.165) is 12.8 Å². The molecule has 0 heterocycles. The van der Waals surface area contributed by atoms with Crippen LogP contribution in [0.5, 0.6) is 0 Å². The molecule has 2 aliphatic rings. The van der Waals surface area contributed by atoms with Crippen LogP contribution in [0, 0.1) is 11.8 Å². The minimum atomic E-state index is -5.91. The van der Waals surface area contributed by atoms with Crippen LogP contribution >= 0.6 is 0 Å². The lowest BCUT2D eigenvalue weighted by molar-refractivity contribution is -0.227. The number of hydrogen-bond donors (Lipinski definition) is 0. The van der Waals surface area contributed by atoms with E-state index in [9.17, 15) is 31.5 Å². The fourth-order valence-electron chi connectivity index (χ4n) is 3.49. The number of carbonyl (C=O) groups excluding carboxylic acids is 1. The SMILES string of the molecule is CC1(OC(=O)C2CCCCC2/C([O-])=N/S(=O)(=O)C(F)(F)F)CCCC1. The third kappa shape index (κ3) is 4.65.